The lowest BCUT2D eigenvalue weighted by Crippen LogP contribution is -2.26. The molecule has 2 heterocycles. The lowest BCUT2D eigenvalue weighted by molar-refractivity contribution is -0.120. The lowest BCUT2D eigenvalue weighted by Gasteiger charge is -2.01. The van der Waals surface area contributed by atoms with Crippen molar-refractivity contribution in [3.05, 3.63) is 11.7 Å². The van der Waals surface area contributed by atoms with Gasteiger partial charge in [0.05, 0.1) is 6.42 Å². The number of hydrogen-bond acceptors (Lipinski definition) is 5. The van der Waals surface area contributed by atoms with E-state index < -0.39 is 0 Å². The molecule has 6 nitrogen and oxygen atoms in total. The largest absolute Gasteiger partial charge is 0.368 e. The van der Waals surface area contributed by atoms with Gasteiger partial charge in [-0.15, -0.1) is 0 Å². The molecule has 1 N–H and O–H groups in total. The number of carbonyl (C=O) groups is 1. The van der Waals surface area contributed by atoms with E-state index in [2.05, 4.69) is 22.4 Å². The molecular weight excluding hydrogens is 234 g/mol. The van der Waals surface area contributed by atoms with Crippen molar-refractivity contribution in [2.24, 2.45) is 0 Å². The number of hydrogen-bond donors (Lipinski definition) is 1. The highest BCUT2D eigenvalue weighted by Gasteiger charge is 2.24. The molecule has 0 radical (unpaired) electrons. The van der Waals surface area contributed by atoms with Crippen molar-refractivity contribution in [1.29, 1.82) is 0 Å². The van der Waals surface area contributed by atoms with Crippen molar-refractivity contribution >= 4 is 5.91 Å². The van der Waals surface area contributed by atoms with Crippen LogP contribution in [0.1, 0.15) is 50.4 Å². The van der Waals surface area contributed by atoms with Gasteiger partial charge in [-0.2, -0.15) is 4.98 Å². The molecule has 1 aromatic rings. The van der Waals surface area contributed by atoms with Gasteiger partial charge >= 0.3 is 0 Å². The van der Waals surface area contributed by atoms with E-state index in [4.69, 9.17) is 9.26 Å². The average Bonchev–Trinajstić information content (AvgIpc) is 2.98. The topological polar surface area (TPSA) is 77.2 Å². The zero-order chi connectivity index (χ0) is 12.8. The summed E-state index contributed by atoms with van der Waals surface area (Å²) < 4.78 is 10.5. The molecule has 1 aliphatic rings. The number of amides is 1. The van der Waals surface area contributed by atoms with Crippen molar-refractivity contribution < 1.29 is 14.1 Å². The van der Waals surface area contributed by atoms with Gasteiger partial charge in [0.2, 0.25) is 5.91 Å². The molecule has 1 saturated heterocycles. The molecular formula is C12H19N3O3. The van der Waals surface area contributed by atoms with Gasteiger partial charge in [0.15, 0.2) is 5.82 Å². The number of rotatable bonds is 6. The highest BCUT2D eigenvalue weighted by atomic mass is 16.5. The summed E-state index contributed by atoms with van der Waals surface area (Å²) in [6.45, 7) is 3.52. The zero-order valence-electron chi connectivity index (χ0n) is 10.6. The normalized spacial score (nSPS) is 19.1. The Morgan fingerprint density at radius 3 is 3.17 bits per heavy atom. The van der Waals surface area contributed by atoms with E-state index in [9.17, 15) is 4.79 Å². The van der Waals surface area contributed by atoms with Gasteiger partial charge < -0.3 is 14.6 Å². The Morgan fingerprint density at radius 2 is 2.44 bits per heavy atom. The summed E-state index contributed by atoms with van der Waals surface area (Å²) in [5, 5.41) is 6.62. The van der Waals surface area contributed by atoms with E-state index in [0.29, 0.717) is 18.3 Å². The lowest BCUT2D eigenvalue weighted by atomic mass is 10.2. The Labute approximate surface area is 106 Å². The molecule has 1 aromatic heterocycles. The molecule has 1 unspecified atom stereocenters. The van der Waals surface area contributed by atoms with Crippen LogP contribution in [0.15, 0.2) is 4.52 Å². The van der Waals surface area contributed by atoms with Crippen LogP contribution in [0.2, 0.25) is 0 Å². The molecule has 1 amide bonds. The third-order valence-electron chi connectivity index (χ3n) is 2.86. The molecule has 100 valence electrons. The summed E-state index contributed by atoms with van der Waals surface area (Å²) in [5.74, 6) is 0.849. The zero-order valence-corrected chi connectivity index (χ0v) is 10.6. The maximum Gasteiger partial charge on any atom is 0.255 e. The second kappa shape index (κ2) is 6.49. The molecule has 6 heteroatoms. The number of ether oxygens (including phenoxy) is 1. The number of nitrogens with one attached hydrogen (secondary N) is 1. The fraction of sp³-hybridized carbons (Fsp3) is 0.750. The second-order valence-electron chi connectivity index (χ2n) is 4.43. The van der Waals surface area contributed by atoms with Gasteiger partial charge in [0, 0.05) is 13.2 Å². The molecule has 0 spiro atoms. The first-order valence-electron chi connectivity index (χ1n) is 6.50. The minimum Gasteiger partial charge on any atom is -0.368 e. The number of carbonyl (C=O) groups excluding carboxylic acids is 1. The molecule has 1 atom stereocenters. The molecule has 1 aliphatic heterocycles. The van der Waals surface area contributed by atoms with Gasteiger partial charge in [-0.1, -0.05) is 18.5 Å². The highest BCUT2D eigenvalue weighted by molar-refractivity contribution is 5.77. The van der Waals surface area contributed by atoms with Gasteiger partial charge in [0.1, 0.15) is 6.10 Å². The standard InChI is InChI=1S/C12H19N3O3/c1-2-3-6-13-11(16)8-10-14-12(18-15-10)9-5-4-7-17-9/h9H,2-8H2,1H3,(H,13,16). The molecule has 2 rings (SSSR count). The Bertz CT molecular complexity index is 386. The molecule has 0 aromatic carbocycles. The third-order valence-corrected chi connectivity index (χ3v) is 2.86. The van der Waals surface area contributed by atoms with Gasteiger partial charge in [0.25, 0.3) is 5.89 Å². The fourth-order valence-corrected chi connectivity index (χ4v) is 1.85. The van der Waals surface area contributed by atoms with Crippen LogP contribution < -0.4 is 5.32 Å². The average molecular weight is 253 g/mol. The summed E-state index contributed by atoms with van der Waals surface area (Å²) in [5.41, 5.74) is 0. The van der Waals surface area contributed by atoms with E-state index in [1.807, 2.05) is 0 Å². The summed E-state index contributed by atoms with van der Waals surface area (Å²) in [4.78, 5) is 15.8. The molecule has 18 heavy (non-hydrogen) atoms. The Balaban J connectivity index is 1.80. The number of nitrogens with zero attached hydrogens (tertiary/aromatic N) is 2. The SMILES string of the molecule is CCCCNC(=O)Cc1noc(C2CCCO2)n1. The maximum absolute atomic E-state index is 11.6. The van der Waals surface area contributed by atoms with Crippen molar-refractivity contribution in [2.75, 3.05) is 13.2 Å². The van der Waals surface area contributed by atoms with Crippen molar-refractivity contribution in [1.82, 2.24) is 15.5 Å². The van der Waals surface area contributed by atoms with E-state index in [0.717, 1.165) is 32.3 Å². The minimum absolute atomic E-state index is 0.0665. The smallest absolute Gasteiger partial charge is 0.255 e. The first-order valence-corrected chi connectivity index (χ1v) is 6.50. The van der Waals surface area contributed by atoms with Gasteiger partial charge in [-0.25, -0.2) is 0 Å². The monoisotopic (exact) mass is 253 g/mol. The van der Waals surface area contributed by atoms with Gasteiger partial charge in [-0.05, 0) is 19.3 Å². The minimum atomic E-state index is -0.0885. The number of unbranched alkanes of at least 4 members (excludes halogenated alkanes) is 1. The Hall–Kier alpha value is -1.43. The van der Waals surface area contributed by atoms with E-state index in [-0.39, 0.29) is 18.4 Å². The first-order chi connectivity index (χ1) is 8.79. The van der Waals surface area contributed by atoms with Crippen LogP contribution in [0.4, 0.5) is 0 Å². The van der Waals surface area contributed by atoms with Crippen LogP contribution in [0.5, 0.6) is 0 Å². The van der Waals surface area contributed by atoms with Crippen LogP contribution in [0.25, 0.3) is 0 Å². The van der Waals surface area contributed by atoms with E-state index in [1.165, 1.54) is 0 Å². The highest BCUT2D eigenvalue weighted by Crippen LogP contribution is 2.26. The van der Waals surface area contributed by atoms with E-state index >= 15 is 0 Å². The Kier molecular flexibility index (Phi) is 4.69. The third kappa shape index (κ3) is 3.53. The Morgan fingerprint density at radius 1 is 1.56 bits per heavy atom. The first kappa shape index (κ1) is 13.0. The van der Waals surface area contributed by atoms with Crippen LogP contribution in [0, 0.1) is 0 Å². The second-order valence-corrected chi connectivity index (χ2v) is 4.43. The quantitative estimate of drug-likeness (QED) is 0.775. The molecule has 0 bridgehead atoms. The maximum atomic E-state index is 11.6. The van der Waals surface area contributed by atoms with Crippen LogP contribution in [0.3, 0.4) is 0 Å². The molecule has 0 saturated carbocycles. The van der Waals surface area contributed by atoms with Crippen LogP contribution in [-0.2, 0) is 16.0 Å². The van der Waals surface area contributed by atoms with Crippen molar-refractivity contribution in [2.45, 2.75) is 45.1 Å². The predicted molar refractivity (Wildman–Crippen MR) is 63.8 cm³/mol. The summed E-state index contributed by atoms with van der Waals surface area (Å²) >= 11 is 0. The molecule has 0 aliphatic carbocycles. The van der Waals surface area contributed by atoms with Crippen molar-refractivity contribution in [3.63, 3.8) is 0 Å². The van der Waals surface area contributed by atoms with Crippen LogP contribution >= 0.6 is 0 Å². The summed E-state index contributed by atoms with van der Waals surface area (Å²) in [6, 6.07) is 0. The van der Waals surface area contributed by atoms with Crippen molar-refractivity contribution in [3.8, 4) is 0 Å². The van der Waals surface area contributed by atoms with E-state index in [1.54, 1.807) is 0 Å². The molecule has 1 fully saturated rings. The predicted octanol–water partition coefficient (Wildman–Crippen LogP) is 1.38. The fourth-order valence-electron chi connectivity index (χ4n) is 1.85. The number of aromatic nitrogens is 2. The summed E-state index contributed by atoms with van der Waals surface area (Å²) in [7, 11) is 0. The van der Waals surface area contributed by atoms with Gasteiger partial charge in [-0.3, -0.25) is 4.79 Å². The van der Waals surface area contributed by atoms with Crippen LogP contribution in [-0.4, -0.2) is 29.2 Å². The summed E-state index contributed by atoms with van der Waals surface area (Å²) in [6.07, 6.45) is 4.05.